The monoisotopic (exact) mass is 632 g/mol. The molecule has 45 heavy (non-hydrogen) atoms. The minimum Gasteiger partial charge on any atom is -0.491 e. The molecule has 3 saturated heterocycles. The third kappa shape index (κ3) is 6.95. The molecule has 5 aliphatic rings. The number of carbonyl (C=O) groups is 1. The molecule has 2 aromatic carbocycles. The fourth-order valence-corrected chi connectivity index (χ4v) is 8.11. The molecule has 8 rings (SSSR count). The fraction of sp³-hybridized carbons (Fsp3) is 0.514. The molecule has 238 valence electrons. The number of aromatic nitrogens is 2. The summed E-state index contributed by atoms with van der Waals surface area (Å²) >= 11 is 6.01. The number of fused-ring (bicyclic) bond motifs is 3. The highest BCUT2D eigenvalue weighted by atomic mass is 35.5. The van der Waals surface area contributed by atoms with E-state index in [1.165, 1.54) is 70.1 Å². The molecule has 4 heterocycles. The molecular weight excluding hydrogens is 591 g/mol. The first-order chi connectivity index (χ1) is 21.8. The minimum atomic E-state index is -0.491. The standard InChI is InChI=1S/C35H42ClFN6O2/c1-42-10-7-35(8-11-42)18-23(19-35)6-12-45-32-17-30-27(34(39-22-38-30)40-26-4-5-29(37)28(36)15-26)16-31(32)41-33(44)3-2-9-43-20-24-13-25(14-24)21-43/h2-5,15-17,22-25H,6-14,18-21H2,1H3,(H,41,44)(H,38,39,40). The molecular formula is C35H42ClFN6O2. The number of rotatable bonds is 10. The summed E-state index contributed by atoms with van der Waals surface area (Å²) in [5.41, 5.74) is 2.36. The maximum absolute atomic E-state index is 13.8. The summed E-state index contributed by atoms with van der Waals surface area (Å²) in [6, 6.07) is 8.12. The van der Waals surface area contributed by atoms with Crippen molar-refractivity contribution in [3.05, 3.63) is 59.7 Å². The van der Waals surface area contributed by atoms with E-state index in [4.69, 9.17) is 16.3 Å². The van der Waals surface area contributed by atoms with E-state index in [1.807, 2.05) is 18.2 Å². The Balaban J connectivity index is 1.06. The lowest BCUT2D eigenvalue weighted by Gasteiger charge is -2.52. The van der Waals surface area contributed by atoms with Crippen molar-refractivity contribution in [1.82, 2.24) is 19.8 Å². The van der Waals surface area contributed by atoms with Crippen LogP contribution in [0.3, 0.4) is 0 Å². The van der Waals surface area contributed by atoms with Crippen LogP contribution in [-0.2, 0) is 4.79 Å². The van der Waals surface area contributed by atoms with Gasteiger partial charge in [-0.25, -0.2) is 14.4 Å². The van der Waals surface area contributed by atoms with Crippen molar-refractivity contribution in [2.75, 3.05) is 57.0 Å². The summed E-state index contributed by atoms with van der Waals surface area (Å²) < 4.78 is 20.1. The van der Waals surface area contributed by atoms with Crippen LogP contribution < -0.4 is 15.4 Å². The summed E-state index contributed by atoms with van der Waals surface area (Å²) in [6.07, 6.45) is 13.9. The first-order valence-electron chi connectivity index (χ1n) is 16.3. The van der Waals surface area contributed by atoms with E-state index < -0.39 is 5.82 Å². The average Bonchev–Trinajstić information content (AvgIpc) is 2.99. The number of benzene rings is 2. The predicted molar refractivity (Wildman–Crippen MR) is 177 cm³/mol. The van der Waals surface area contributed by atoms with Gasteiger partial charge in [0.2, 0.25) is 5.91 Å². The molecule has 10 heteroatoms. The van der Waals surface area contributed by atoms with E-state index in [0.29, 0.717) is 51.8 Å². The number of piperidine rings is 3. The SMILES string of the molecule is CN1CCC2(CC1)CC(CCOc1cc3ncnc(Nc4ccc(F)c(Cl)c4)c3cc1NC(=O)C=CCN1CC3CC(C3)C1)C2. The molecule has 2 bridgehead atoms. The van der Waals surface area contributed by atoms with Crippen molar-refractivity contribution < 1.29 is 13.9 Å². The van der Waals surface area contributed by atoms with Crippen molar-refractivity contribution >= 4 is 45.6 Å². The van der Waals surface area contributed by atoms with E-state index >= 15 is 0 Å². The summed E-state index contributed by atoms with van der Waals surface area (Å²) in [5, 5.41) is 6.99. The van der Waals surface area contributed by atoms with E-state index in [2.05, 4.69) is 37.4 Å². The number of anilines is 3. The first kappa shape index (κ1) is 30.4. The largest absolute Gasteiger partial charge is 0.491 e. The number of ether oxygens (including phenoxy) is 1. The summed E-state index contributed by atoms with van der Waals surface area (Å²) in [6.45, 7) is 6.00. The number of halogens is 2. The van der Waals surface area contributed by atoms with Crippen molar-refractivity contribution in [2.24, 2.45) is 23.2 Å². The second-order valence-corrected chi connectivity index (χ2v) is 14.3. The fourth-order valence-electron chi connectivity index (χ4n) is 7.93. The number of likely N-dealkylation sites (tertiary alicyclic amines) is 1. The number of amides is 1. The number of hydrogen-bond acceptors (Lipinski definition) is 7. The van der Waals surface area contributed by atoms with Crippen LogP contribution in [0, 0.1) is 29.0 Å². The number of nitrogens with one attached hydrogen (secondary N) is 2. The third-order valence-corrected chi connectivity index (χ3v) is 10.7. The molecule has 3 aromatic rings. The van der Waals surface area contributed by atoms with Gasteiger partial charge in [0.1, 0.15) is 23.7 Å². The Hall–Kier alpha value is -3.27. The molecule has 3 aliphatic heterocycles. The van der Waals surface area contributed by atoms with E-state index in [9.17, 15) is 9.18 Å². The Labute approximate surface area is 269 Å². The summed E-state index contributed by atoms with van der Waals surface area (Å²) in [7, 11) is 2.21. The first-order valence-corrected chi connectivity index (χ1v) is 16.7. The lowest BCUT2D eigenvalue weighted by molar-refractivity contribution is -0.111. The van der Waals surface area contributed by atoms with Crippen LogP contribution in [0.5, 0.6) is 5.75 Å². The zero-order valence-corrected chi connectivity index (χ0v) is 26.7. The number of carbonyl (C=O) groups excluding carboxylic acids is 1. The van der Waals surface area contributed by atoms with Gasteiger partial charge in [-0.05, 0) is 113 Å². The molecule has 0 unspecified atom stereocenters. The third-order valence-electron chi connectivity index (χ3n) is 10.5. The van der Waals surface area contributed by atoms with Crippen LogP contribution in [0.2, 0.25) is 5.02 Å². The molecule has 2 saturated carbocycles. The van der Waals surface area contributed by atoms with Crippen LogP contribution in [0.25, 0.3) is 10.9 Å². The second-order valence-electron chi connectivity index (χ2n) is 13.9. The highest BCUT2D eigenvalue weighted by molar-refractivity contribution is 6.31. The Kier molecular flexibility index (Phi) is 8.68. The second kappa shape index (κ2) is 12.9. The molecule has 5 fully saturated rings. The molecule has 2 N–H and O–H groups in total. The zero-order chi connectivity index (χ0) is 31.0. The van der Waals surface area contributed by atoms with E-state index in [0.717, 1.165) is 37.9 Å². The highest BCUT2D eigenvalue weighted by Gasteiger charge is 2.44. The topological polar surface area (TPSA) is 82.6 Å². The summed E-state index contributed by atoms with van der Waals surface area (Å²) in [5.74, 6) is 2.74. The minimum absolute atomic E-state index is 0.0172. The molecule has 1 amide bonds. The smallest absolute Gasteiger partial charge is 0.248 e. The lowest BCUT2D eigenvalue weighted by atomic mass is 9.57. The van der Waals surface area contributed by atoms with Gasteiger partial charge in [-0.15, -0.1) is 0 Å². The molecule has 1 aromatic heterocycles. The molecule has 0 atom stereocenters. The van der Waals surface area contributed by atoms with Crippen LogP contribution in [0.1, 0.15) is 44.9 Å². The molecule has 0 radical (unpaired) electrons. The normalized spacial score (nSPS) is 23.2. The molecule has 2 aliphatic carbocycles. The Morgan fingerprint density at radius 3 is 2.67 bits per heavy atom. The van der Waals surface area contributed by atoms with E-state index in [-0.39, 0.29) is 10.9 Å². The van der Waals surface area contributed by atoms with Crippen molar-refractivity contribution in [1.29, 1.82) is 0 Å². The zero-order valence-electron chi connectivity index (χ0n) is 25.9. The van der Waals surface area contributed by atoms with Crippen molar-refractivity contribution in [3.8, 4) is 5.75 Å². The van der Waals surface area contributed by atoms with Crippen LogP contribution in [0.4, 0.5) is 21.6 Å². The van der Waals surface area contributed by atoms with E-state index in [1.54, 1.807) is 12.1 Å². The lowest BCUT2D eigenvalue weighted by Crippen LogP contribution is -2.48. The van der Waals surface area contributed by atoms with Crippen molar-refractivity contribution in [3.63, 3.8) is 0 Å². The maximum atomic E-state index is 13.8. The van der Waals surface area contributed by atoms with Gasteiger partial charge < -0.3 is 20.3 Å². The number of nitrogens with zero attached hydrogens (tertiary/aromatic N) is 4. The Bertz CT molecular complexity index is 1570. The maximum Gasteiger partial charge on any atom is 0.248 e. The molecule has 1 spiro atoms. The molecule has 8 nitrogen and oxygen atoms in total. The number of hydrogen-bond donors (Lipinski definition) is 2. The van der Waals surface area contributed by atoms with Crippen molar-refractivity contribution in [2.45, 2.75) is 44.9 Å². The van der Waals surface area contributed by atoms with Crippen LogP contribution in [-0.4, -0.2) is 72.1 Å². The van der Waals surface area contributed by atoms with Gasteiger partial charge in [0.05, 0.1) is 22.8 Å². The summed E-state index contributed by atoms with van der Waals surface area (Å²) in [4.78, 5) is 26.9. The van der Waals surface area contributed by atoms with Gasteiger partial charge in [-0.2, -0.15) is 0 Å². The Morgan fingerprint density at radius 2 is 1.91 bits per heavy atom. The van der Waals surface area contributed by atoms with Crippen LogP contribution >= 0.6 is 11.6 Å². The average molecular weight is 633 g/mol. The van der Waals surface area contributed by atoms with Gasteiger partial charge >= 0.3 is 0 Å². The quantitative estimate of drug-likeness (QED) is 0.236. The predicted octanol–water partition coefficient (Wildman–Crippen LogP) is 6.89. The van der Waals surface area contributed by atoms with Gasteiger partial charge in [0.25, 0.3) is 0 Å². The highest BCUT2D eigenvalue weighted by Crippen LogP contribution is 2.53. The van der Waals surface area contributed by atoms with Crippen LogP contribution in [0.15, 0.2) is 48.8 Å². The van der Waals surface area contributed by atoms with Gasteiger partial charge in [-0.3, -0.25) is 9.69 Å². The van der Waals surface area contributed by atoms with Gasteiger partial charge in [-0.1, -0.05) is 17.7 Å². The van der Waals surface area contributed by atoms with Gasteiger partial charge in [0.15, 0.2) is 0 Å². The van der Waals surface area contributed by atoms with Gasteiger partial charge in [0, 0.05) is 42.9 Å². The Morgan fingerprint density at radius 1 is 1.13 bits per heavy atom.